The second-order valence-electron chi connectivity index (χ2n) is 10.8. The largest absolute Gasteiger partial charge is 0.384 e. The van der Waals surface area contributed by atoms with Crippen molar-refractivity contribution >= 4 is 33.4 Å². The van der Waals surface area contributed by atoms with E-state index in [1.54, 1.807) is 0 Å². The molecule has 4 N–H and O–H groups in total. The van der Waals surface area contributed by atoms with Gasteiger partial charge >= 0.3 is 0 Å². The molecule has 2 aliphatic carbocycles. The number of carbonyl (C=O) groups is 1. The minimum Gasteiger partial charge on any atom is -0.384 e. The van der Waals surface area contributed by atoms with E-state index >= 15 is 0 Å². The van der Waals surface area contributed by atoms with Gasteiger partial charge in [-0.05, 0) is 98.7 Å². The van der Waals surface area contributed by atoms with Gasteiger partial charge in [-0.2, -0.15) is 0 Å². The molecular weight excluding hydrogens is 570 g/mol. The first-order valence-corrected chi connectivity index (χ1v) is 16.1. The Morgan fingerprint density at radius 3 is 2.36 bits per heavy atom. The van der Waals surface area contributed by atoms with Crippen molar-refractivity contribution in [1.82, 2.24) is 10.6 Å². The van der Waals surface area contributed by atoms with E-state index in [1.165, 1.54) is 11.1 Å². The molecule has 2 aromatic rings. The van der Waals surface area contributed by atoms with Crippen molar-refractivity contribution < 1.29 is 4.79 Å². The Bertz CT molecular complexity index is 1090. The summed E-state index contributed by atoms with van der Waals surface area (Å²) in [4.78, 5) is 14.0. The fourth-order valence-electron chi connectivity index (χ4n) is 5.66. The molecule has 214 valence electrons. The van der Waals surface area contributed by atoms with Crippen LogP contribution in [-0.2, 0) is 23.1 Å². The standard InChI is InChI=1S/C31H41BrClN3O.C2H6/c1-3-5-22-20-24(33)11-16-27(22)31(17-18-31)30(37)36-29(19-21-7-9-23(32)10-8-21)28(6-4-2)35-26-14-12-25(34)13-15-26;1-2/h6-11,16,20,25-26,29,35H,3-5,12-15,17-19,34H2,1-2H3,(H,36,37);1-2H3/b28-6-;/t25?,26?,29-;/m0./s1. The summed E-state index contributed by atoms with van der Waals surface area (Å²) in [5.41, 5.74) is 10.4. The zero-order valence-electron chi connectivity index (χ0n) is 24.2. The number of hydrogen-bond donors (Lipinski definition) is 3. The summed E-state index contributed by atoms with van der Waals surface area (Å²) < 4.78 is 1.06. The molecule has 4 nitrogen and oxygen atoms in total. The molecule has 2 aromatic carbocycles. The van der Waals surface area contributed by atoms with Crippen molar-refractivity contribution in [3.63, 3.8) is 0 Å². The summed E-state index contributed by atoms with van der Waals surface area (Å²) in [5, 5.41) is 8.08. The summed E-state index contributed by atoms with van der Waals surface area (Å²) in [6.45, 7) is 8.33. The van der Waals surface area contributed by atoms with Gasteiger partial charge in [0.1, 0.15) is 0 Å². The normalized spacial score (nSPS) is 20.8. The molecule has 0 bridgehead atoms. The van der Waals surface area contributed by atoms with Crippen LogP contribution in [0.1, 0.15) is 95.8 Å². The summed E-state index contributed by atoms with van der Waals surface area (Å²) in [6.07, 6.45) is 11.8. The topological polar surface area (TPSA) is 67.2 Å². The van der Waals surface area contributed by atoms with Crippen LogP contribution < -0.4 is 16.4 Å². The van der Waals surface area contributed by atoms with Gasteiger partial charge in [-0.1, -0.05) is 85.9 Å². The molecule has 2 aliphatic rings. The van der Waals surface area contributed by atoms with Gasteiger partial charge in [0.2, 0.25) is 5.91 Å². The van der Waals surface area contributed by atoms with E-state index in [0.29, 0.717) is 12.1 Å². The molecule has 0 aromatic heterocycles. The van der Waals surface area contributed by atoms with Crippen molar-refractivity contribution in [3.05, 3.63) is 80.4 Å². The van der Waals surface area contributed by atoms with E-state index in [4.69, 9.17) is 17.3 Å². The number of benzene rings is 2. The lowest BCUT2D eigenvalue weighted by Crippen LogP contribution is -2.48. The average Bonchev–Trinajstić information content (AvgIpc) is 3.74. The van der Waals surface area contributed by atoms with Gasteiger partial charge < -0.3 is 16.4 Å². The maximum atomic E-state index is 14.0. The maximum absolute atomic E-state index is 14.0. The van der Waals surface area contributed by atoms with E-state index in [9.17, 15) is 4.79 Å². The number of allylic oxidation sites excluding steroid dienone is 1. The van der Waals surface area contributed by atoms with Crippen LogP contribution in [-0.4, -0.2) is 24.0 Å². The van der Waals surface area contributed by atoms with Crippen molar-refractivity contribution in [2.45, 2.75) is 115 Å². The fourth-order valence-corrected chi connectivity index (χ4v) is 6.12. The minimum atomic E-state index is -0.456. The highest BCUT2D eigenvalue weighted by Gasteiger charge is 2.52. The molecule has 2 saturated carbocycles. The first kappa shape index (κ1) is 31.7. The van der Waals surface area contributed by atoms with Crippen molar-refractivity contribution in [2.24, 2.45) is 5.73 Å². The quantitative estimate of drug-likeness (QED) is 0.240. The Hall–Kier alpha value is -1.82. The van der Waals surface area contributed by atoms with E-state index in [1.807, 2.05) is 26.0 Å². The molecule has 0 spiro atoms. The molecule has 1 amide bonds. The second kappa shape index (κ2) is 15.3. The van der Waals surface area contributed by atoms with Crippen LogP contribution in [0, 0.1) is 0 Å². The van der Waals surface area contributed by atoms with Gasteiger partial charge in [0.25, 0.3) is 0 Å². The number of nitrogens with one attached hydrogen (secondary N) is 2. The van der Waals surface area contributed by atoms with Crippen molar-refractivity contribution in [2.75, 3.05) is 0 Å². The molecule has 0 saturated heterocycles. The Morgan fingerprint density at radius 2 is 1.77 bits per heavy atom. The average molecular weight is 617 g/mol. The smallest absolute Gasteiger partial charge is 0.231 e. The molecule has 0 heterocycles. The molecule has 4 rings (SSSR count). The summed E-state index contributed by atoms with van der Waals surface area (Å²) >= 11 is 9.89. The zero-order valence-corrected chi connectivity index (χ0v) is 26.5. The number of aryl methyl sites for hydroxylation is 1. The zero-order chi connectivity index (χ0) is 28.4. The predicted octanol–water partition coefficient (Wildman–Crippen LogP) is 7.99. The third-order valence-corrected chi connectivity index (χ3v) is 8.65. The van der Waals surface area contributed by atoms with Crippen LogP contribution in [0.5, 0.6) is 0 Å². The van der Waals surface area contributed by atoms with Crippen molar-refractivity contribution in [1.29, 1.82) is 0 Å². The van der Waals surface area contributed by atoms with Gasteiger partial charge in [-0.3, -0.25) is 4.79 Å². The van der Waals surface area contributed by atoms with Crippen LogP contribution in [0.15, 0.2) is 58.7 Å². The van der Waals surface area contributed by atoms with Gasteiger partial charge in [0, 0.05) is 27.3 Å². The number of rotatable bonds is 11. The van der Waals surface area contributed by atoms with E-state index in [0.717, 1.165) is 85.0 Å². The van der Waals surface area contributed by atoms with Gasteiger partial charge in [-0.25, -0.2) is 0 Å². The number of halogens is 2. The van der Waals surface area contributed by atoms with Crippen LogP contribution in [0.25, 0.3) is 0 Å². The Balaban J connectivity index is 0.00000205. The predicted molar refractivity (Wildman–Crippen MR) is 169 cm³/mol. The molecule has 0 aliphatic heterocycles. The summed E-state index contributed by atoms with van der Waals surface area (Å²) in [6, 6.07) is 15.0. The molecular formula is C33H47BrClN3O. The molecule has 1 atom stereocenters. The molecule has 6 heteroatoms. The second-order valence-corrected chi connectivity index (χ2v) is 12.2. The van der Waals surface area contributed by atoms with Crippen molar-refractivity contribution in [3.8, 4) is 0 Å². The van der Waals surface area contributed by atoms with Crippen LogP contribution in [0.2, 0.25) is 5.02 Å². The van der Waals surface area contributed by atoms with Gasteiger partial charge in [0.05, 0.1) is 11.5 Å². The number of hydrogen-bond acceptors (Lipinski definition) is 3. The van der Waals surface area contributed by atoms with Gasteiger partial charge in [-0.15, -0.1) is 0 Å². The summed E-state index contributed by atoms with van der Waals surface area (Å²) in [7, 11) is 0. The maximum Gasteiger partial charge on any atom is 0.231 e. The number of carbonyl (C=O) groups excluding carboxylic acids is 1. The Labute approximate surface area is 249 Å². The van der Waals surface area contributed by atoms with Crippen LogP contribution >= 0.6 is 27.5 Å². The summed E-state index contributed by atoms with van der Waals surface area (Å²) in [5.74, 6) is 0.128. The monoisotopic (exact) mass is 615 g/mol. The number of amides is 1. The minimum absolute atomic E-state index is 0.122. The SMILES string of the molecule is CC.CC/C=C(\NC1CCC(N)CC1)[C@H](Cc1ccc(Br)cc1)NC(=O)C1(c2ccc(Cl)cc2CCC)CC1. The third-order valence-electron chi connectivity index (χ3n) is 7.89. The highest BCUT2D eigenvalue weighted by atomic mass is 79.9. The third kappa shape index (κ3) is 8.58. The lowest BCUT2D eigenvalue weighted by molar-refractivity contribution is -0.124. The van der Waals surface area contributed by atoms with E-state index in [-0.39, 0.29) is 11.9 Å². The molecule has 0 radical (unpaired) electrons. The lowest BCUT2D eigenvalue weighted by Gasteiger charge is -2.33. The highest BCUT2D eigenvalue weighted by Crippen LogP contribution is 2.50. The molecule has 39 heavy (non-hydrogen) atoms. The van der Waals surface area contributed by atoms with E-state index in [2.05, 4.69) is 76.8 Å². The Morgan fingerprint density at radius 1 is 1.10 bits per heavy atom. The Kier molecular flexibility index (Phi) is 12.4. The first-order valence-electron chi connectivity index (χ1n) is 14.9. The van der Waals surface area contributed by atoms with Crippen LogP contribution in [0.3, 0.4) is 0 Å². The molecule has 0 unspecified atom stereocenters. The number of nitrogens with two attached hydrogens (primary N) is 1. The molecule has 2 fully saturated rings. The highest BCUT2D eigenvalue weighted by molar-refractivity contribution is 9.10. The lowest BCUT2D eigenvalue weighted by atomic mass is 9.88. The fraction of sp³-hybridized carbons (Fsp3) is 0.545. The van der Waals surface area contributed by atoms with E-state index < -0.39 is 5.41 Å². The first-order chi connectivity index (χ1) is 18.8. The van der Waals surface area contributed by atoms with Gasteiger partial charge in [0.15, 0.2) is 0 Å². The van der Waals surface area contributed by atoms with Crippen LogP contribution in [0.4, 0.5) is 0 Å².